The van der Waals surface area contributed by atoms with Crippen LogP contribution in [0.1, 0.15) is 16.7 Å². The van der Waals surface area contributed by atoms with E-state index in [1.807, 2.05) is 24.3 Å². The number of carbonyl (C=O) groups is 1. The lowest BCUT2D eigenvalue weighted by Gasteiger charge is -2.31. The van der Waals surface area contributed by atoms with Gasteiger partial charge in [0, 0.05) is 26.7 Å². The molecule has 6 nitrogen and oxygen atoms in total. The van der Waals surface area contributed by atoms with Gasteiger partial charge in [0.05, 0.1) is 13.7 Å². The molecule has 1 aliphatic heterocycles. The van der Waals surface area contributed by atoms with E-state index >= 15 is 0 Å². The highest BCUT2D eigenvalue weighted by Gasteiger charge is 2.18. The third-order valence-corrected chi connectivity index (χ3v) is 4.70. The molecule has 2 aromatic rings. The van der Waals surface area contributed by atoms with Crippen LogP contribution in [0, 0.1) is 0 Å². The van der Waals surface area contributed by atoms with Crippen LogP contribution in [0.5, 0.6) is 5.75 Å². The van der Waals surface area contributed by atoms with Gasteiger partial charge in [0.15, 0.2) is 5.96 Å². The van der Waals surface area contributed by atoms with Crippen LogP contribution in [0.15, 0.2) is 53.5 Å². The molecule has 7 heteroatoms. The molecule has 0 aromatic heterocycles. The SMILES string of the molecule is CN=C(NCC(=O)NCc1ccc(OC)cc1)N1CCc2ccccc2C1.I. The molecule has 2 N–H and O–H groups in total. The van der Waals surface area contributed by atoms with Gasteiger partial charge in [-0.05, 0) is 35.2 Å². The molecule has 0 fully saturated rings. The number of methoxy groups -OCH3 is 1. The molecule has 2 aromatic carbocycles. The Bertz CT molecular complexity index is 808. The van der Waals surface area contributed by atoms with E-state index in [2.05, 4.69) is 44.8 Å². The number of guanidine groups is 1. The van der Waals surface area contributed by atoms with Crippen molar-refractivity contribution in [1.29, 1.82) is 0 Å². The maximum Gasteiger partial charge on any atom is 0.239 e. The van der Waals surface area contributed by atoms with Crippen LogP contribution in [-0.4, -0.2) is 44.0 Å². The van der Waals surface area contributed by atoms with Crippen LogP contribution in [0.25, 0.3) is 0 Å². The van der Waals surface area contributed by atoms with Crippen LogP contribution in [0.4, 0.5) is 0 Å². The second-order valence-electron chi connectivity index (χ2n) is 6.47. The first-order valence-corrected chi connectivity index (χ1v) is 9.11. The number of aliphatic imine (C=N–C) groups is 1. The first kappa shape index (κ1) is 22.0. The van der Waals surface area contributed by atoms with Crippen molar-refractivity contribution in [3.8, 4) is 5.75 Å². The topological polar surface area (TPSA) is 66.0 Å². The van der Waals surface area contributed by atoms with Gasteiger partial charge >= 0.3 is 0 Å². The van der Waals surface area contributed by atoms with E-state index in [0.29, 0.717) is 6.54 Å². The number of halogens is 1. The number of carbonyl (C=O) groups excluding carboxylic acids is 1. The lowest BCUT2D eigenvalue weighted by molar-refractivity contribution is -0.120. The molecule has 28 heavy (non-hydrogen) atoms. The minimum Gasteiger partial charge on any atom is -0.497 e. The van der Waals surface area contributed by atoms with Gasteiger partial charge in [-0.15, -0.1) is 24.0 Å². The zero-order valence-electron chi connectivity index (χ0n) is 16.3. The predicted molar refractivity (Wildman–Crippen MR) is 122 cm³/mol. The van der Waals surface area contributed by atoms with Crippen LogP contribution >= 0.6 is 24.0 Å². The Morgan fingerprint density at radius 2 is 1.82 bits per heavy atom. The quantitative estimate of drug-likeness (QED) is 0.381. The Balaban J connectivity index is 0.00000280. The van der Waals surface area contributed by atoms with Crippen molar-refractivity contribution >= 4 is 35.8 Å². The van der Waals surface area contributed by atoms with E-state index in [9.17, 15) is 4.79 Å². The third-order valence-electron chi connectivity index (χ3n) is 4.70. The van der Waals surface area contributed by atoms with Gasteiger partial charge in [-0.25, -0.2) is 0 Å². The minimum absolute atomic E-state index is 0. The van der Waals surface area contributed by atoms with Crippen molar-refractivity contribution in [3.05, 3.63) is 65.2 Å². The molecule has 0 saturated heterocycles. The monoisotopic (exact) mass is 494 g/mol. The second-order valence-corrected chi connectivity index (χ2v) is 6.47. The van der Waals surface area contributed by atoms with Gasteiger partial charge in [0.25, 0.3) is 0 Å². The summed E-state index contributed by atoms with van der Waals surface area (Å²) in [4.78, 5) is 18.7. The molecule has 1 amide bonds. The smallest absolute Gasteiger partial charge is 0.239 e. The Kier molecular flexibility index (Phi) is 8.56. The lowest BCUT2D eigenvalue weighted by atomic mass is 10.0. The van der Waals surface area contributed by atoms with E-state index in [1.165, 1.54) is 11.1 Å². The highest BCUT2D eigenvalue weighted by atomic mass is 127. The average Bonchev–Trinajstić information content (AvgIpc) is 2.73. The Hall–Kier alpha value is -2.29. The number of nitrogens with zero attached hydrogens (tertiary/aromatic N) is 2. The molecule has 3 rings (SSSR count). The average molecular weight is 494 g/mol. The minimum atomic E-state index is -0.0654. The Morgan fingerprint density at radius 3 is 2.50 bits per heavy atom. The van der Waals surface area contributed by atoms with E-state index in [1.54, 1.807) is 14.2 Å². The van der Waals surface area contributed by atoms with Gasteiger partial charge in [-0.3, -0.25) is 9.79 Å². The van der Waals surface area contributed by atoms with Gasteiger partial charge < -0.3 is 20.3 Å². The third kappa shape index (κ3) is 5.85. The van der Waals surface area contributed by atoms with Crippen LogP contribution in [-0.2, 0) is 24.3 Å². The van der Waals surface area contributed by atoms with E-state index < -0.39 is 0 Å². The molecule has 0 aliphatic carbocycles. The molecule has 1 heterocycles. The van der Waals surface area contributed by atoms with E-state index in [-0.39, 0.29) is 36.4 Å². The molecule has 0 radical (unpaired) electrons. The molecule has 0 atom stereocenters. The summed E-state index contributed by atoms with van der Waals surface area (Å²) in [7, 11) is 3.38. The van der Waals surface area contributed by atoms with Gasteiger partial charge in [-0.2, -0.15) is 0 Å². The molecule has 1 aliphatic rings. The summed E-state index contributed by atoms with van der Waals surface area (Å²) in [6.07, 6.45) is 0.987. The fourth-order valence-electron chi connectivity index (χ4n) is 3.17. The molecule has 0 saturated carbocycles. The molecule has 150 valence electrons. The number of amides is 1. The van der Waals surface area contributed by atoms with Crippen LogP contribution in [0.3, 0.4) is 0 Å². The number of hydrogen-bond donors (Lipinski definition) is 2. The highest BCUT2D eigenvalue weighted by Crippen LogP contribution is 2.18. The molecule has 0 spiro atoms. The highest BCUT2D eigenvalue weighted by molar-refractivity contribution is 14.0. The molecule has 0 unspecified atom stereocenters. The van der Waals surface area contributed by atoms with Crippen molar-refractivity contribution in [3.63, 3.8) is 0 Å². The summed E-state index contributed by atoms with van der Waals surface area (Å²) in [5, 5.41) is 6.09. The summed E-state index contributed by atoms with van der Waals surface area (Å²) >= 11 is 0. The largest absolute Gasteiger partial charge is 0.497 e. The normalized spacial score (nSPS) is 13.2. The first-order valence-electron chi connectivity index (χ1n) is 9.11. The number of ether oxygens (including phenoxy) is 1. The van der Waals surface area contributed by atoms with Crippen molar-refractivity contribution in [2.24, 2.45) is 4.99 Å². The zero-order valence-corrected chi connectivity index (χ0v) is 18.6. The lowest BCUT2D eigenvalue weighted by Crippen LogP contribution is -2.47. The number of fused-ring (bicyclic) bond motifs is 1. The fourth-order valence-corrected chi connectivity index (χ4v) is 3.17. The number of benzene rings is 2. The summed E-state index contributed by atoms with van der Waals surface area (Å²) in [6.45, 7) is 2.38. The van der Waals surface area contributed by atoms with Crippen LogP contribution < -0.4 is 15.4 Å². The second kappa shape index (κ2) is 10.9. The summed E-state index contributed by atoms with van der Waals surface area (Å²) in [5.41, 5.74) is 3.73. The van der Waals surface area contributed by atoms with Crippen LogP contribution in [0.2, 0.25) is 0 Å². The number of hydrogen-bond acceptors (Lipinski definition) is 3. The van der Waals surface area contributed by atoms with Gasteiger partial charge in [0.1, 0.15) is 5.75 Å². The van der Waals surface area contributed by atoms with Crippen molar-refractivity contribution in [2.75, 3.05) is 27.2 Å². The van der Waals surface area contributed by atoms with E-state index in [0.717, 1.165) is 36.8 Å². The summed E-state index contributed by atoms with van der Waals surface area (Å²) in [6, 6.07) is 16.1. The van der Waals surface area contributed by atoms with Crippen molar-refractivity contribution in [2.45, 2.75) is 19.5 Å². The number of nitrogens with one attached hydrogen (secondary N) is 2. The molecule has 0 bridgehead atoms. The summed E-state index contributed by atoms with van der Waals surface area (Å²) in [5.74, 6) is 1.49. The van der Waals surface area contributed by atoms with Crippen molar-refractivity contribution < 1.29 is 9.53 Å². The Labute approximate surface area is 183 Å². The zero-order chi connectivity index (χ0) is 19.1. The maximum atomic E-state index is 12.2. The van der Waals surface area contributed by atoms with Gasteiger partial charge in [0.2, 0.25) is 5.91 Å². The first-order chi connectivity index (χ1) is 13.2. The molecular formula is C21H27IN4O2. The van der Waals surface area contributed by atoms with E-state index in [4.69, 9.17) is 4.74 Å². The van der Waals surface area contributed by atoms with Gasteiger partial charge in [-0.1, -0.05) is 36.4 Å². The molecular weight excluding hydrogens is 467 g/mol. The van der Waals surface area contributed by atoms with Crippen molar-refractivity contribution in [1.82, 2.24) is 15.5 Å². The Morgan fingerprint density at radius 1 is 1.11 bits per heavy atom. The summed E-state index contributed by atoms with van der Waals surface area (Å²) < 4.78 is 5.14. The maximum absolute atomic E-state index is 12.2. The predicted octanol–water partition coefficient (Wildman–Crippen LogP) is 2.56. The standard InChI is InChI=1S/C21H26N4O2.HI/c1-22-21(25-12-11-17-5-3-4-6-18(17)15-25)24-14-20(26)23-13-16-7-9-19(27-2)10-8-16;/h3-10H,11-15H2,1-2H3,(H,22,24)(H,23,26);1H. The fraction of sp³-hybridized carbons (Fsp3) is 0.333. The number of rotatable bonds is 5.